The minimum atomic E-state index is -3.01. The van der Waals surface area contributed by atoms with Gasteiger partial charge in [-0.05, 0) is 37.3 Å². The van der Waals surface area contributed by atoms with Gasteiger partial charge in [-0.1, -0.05) is 6.07 Å². The number of aromatic nitrogens is 3. The Morgan fingerprint density at radius 1 is 1.25 bits per heavy atom. The summed E-state index contributed by atoms with van der Waals surface area (Å²) in [6, 6.07) is 6.49. The summed E-state index contributed by atoms with van der Waals surface area (Å²) in [6.45, 7) is 0.584. The van der Waals surface area contributed by atoms with Crippen molar-refractivity contribution in [2.24, 2.45) is 5.92 Å². The van der Waals surface area contributed by atoms with Crippen LogP contribution in [-0.2, 0) is 14.6 Å². The minimum Gasteiger partial charge on any atom is -0.333 e. The number of rotatable bonds is 4. The lowest BCUT2D eigenvalue weighted by atomic mass is 10.0. The van der Waals surface area contributed by atoms with Crippen LogP contribution in [0.4, 0.5) is 0 Å². The van der Waals surface area contributed by atoms with Crippen LogP contribution in [0.25, 0.3) is 11.4 Å². The molecule has 2 aliphatic rings. The van der Waals surface area contributed by atoms with Crippen molar-refractivity contribution in [3.8, 4) is 11.4 Å². The van der Waals surface area contributed by atoms with Crippen LogP contribution in [0.5, 0.6) is 0 Å². The van der Waals surface area contributed by atoms with Gasteiger partial charge in [0.05, 0.1) is 28.9 Å². The molecule has 2 fully saturated rings. The van der Waals surface area contributed by atoms with E-state index in [2.05, 4.69) is 15.0 Å². The molecule has 2 atom stereocenters. The normalized spacial score (nSPS) is 23.8. The summed E-state index contributed by atoms with van der Waals surface area (Å²) in [4.78, 5) is 38.3. The van der Waals surface area contributed by atoms with Crippen molar-refractivity contribution < 1.29 is 13.2 Å². The van der Waals surface area contributed by atoms with Gasteiger partial charge in [0.2, 0.25) is 5.91 Å². The topological polar surface area (TPSA) is 113 Å². The molecule has 4 rings (SSSR count). The number of aromatic amines is 1. The summed E-state index contributed by atoms with van der Waals surface area (Å²) in [5, 5.41) is 0. The Kier molecular flexibility index (Phi) is 5.01. The van der Waals surface area contributed by atoms with Crippen LogP contribution in [-0.4, -0.2) is 52.2 Å². The third kappa shape index (κ3) is 3.99. The third-order valence-electron chi connectivity index (χ3n) is 5.37. The summed E-state index contributed by atoms with van der Waals surface area (Å²) in [5.41, 5.74) is 0.786. The van der Waals surface area contributed by atoms with Crippen LogP contribution >= 0.6 is 0 Å². The van der Waals surface area contributed by atoms with Crippen LogP contribution < -0.4 is 5.56 Å². The predicted molar refractivity (Wildman–Crippen MR) is 103 cm³/mol. The molecule has 148 valence electrons. The highest BCUT2D eigenvalue weighted by atomic mass is 32.2. The van der Waals surface area contributed by atoms with Crippen molar-refractivity contribution in [1.29, 1.82) is 0 Å². The number of amides is 1. The van der Waals surface area contributed by atoms with Crippen molar-refractivity contribution in [1.82, 2.24) is 19.9 Å². The minimum absolute atomic E-state index is 0.0736. The van der Waals surface area contributed by atoms with Gasteiger partial charge in [-0.25, -0.2) is 13.4 Å². The lowest BCUT2D eigenvalue weighted by Crippen LogP contribution is -2.33. The molecule has 2 saturated heterocycles. The lowest BCUT2D eigenvalue weighted by Gasteiger charge is -2.25. The standard InChI is InChI=1S/C19H22N4O4S/c24-17-11-15(14-4-1-2-7-20-14)21-19(22-17)16-5-3-8-23(16)18(25)10-13-6-9-28(26,27)12-13/h1-2,4,7,11,13,16H,3,5-6,8-10,12H2,(H,21,22,24). The first-order chi connectivity index (χ1) is 13.4. The number of carbonyl (C=O) groups is 1. The van der Waals surface area contributed by atoms with Gasteiger partial charge < -0.3 is 9.88 Å². The average molecular weight is 402 g/mol. The maximum atomic E-state index is 12.8. The SMILES string of the molecule is O=C(CC1CCS(=O)(=O)C1)N1CCCC1c1nc(-c2ccccn2)cc(=O)[nH]1. The molecule has 28 heavy (non-hydrogen) atoms. The Morgan fingerprint density at radius 2 is 2.11 bits per heavy atom. The summed E-state index contributed by atoms with van der Waals surface area (Å²) in [7, 11) is -3.01. The van der Waals surface area contributed by atoms with Gasteiger partial charge in [-0.2, -0.15) is 0 Å². The zero-order valence-electron chi connectivity index (χ0n) is 15.4. The van der Waals surface area contributed by atoms with Crippen molar-refractivity contribution in [2.45, 2.75) is 31.7 Å². The van der Waals surface area contributed by atoms with E-state index in [1.165, 1.54) is 6.07 Å². The van der Waals surface area contributed by atoms with E-state index in [0.717, 1.165) is 6.42 Å². The third-order valence-corrected chi connectivity index (χ3v) is 7.20. The second-order valence-electron chi connectivity index (χ2n) is 7.45. The molecule has 0 bridgehead atoms. The molecule has 0 aromatic carbocycles. The van der Waals surface area contributed by atoms with E-state index in [-0.39, 0.29) is 41.4 Å². The fourth-order valence-corrected chi connectivity index (χ4v) is 5.89. The highest BCUT2D eigenvalue weighted by Gasteiger charge is 2.35. The number of nitrogens with one attached hydrogen (secondary N) is 1. The van der Waals surface area contributed by atoms with Gasteiger partial charge in [0.1, 0.15) is 5.82 Å². The molecular weight excluding hydrogens is 380 g/mol. The summed E-state index contributed by atoms with van der Waals surface area (Å²) in [5.74, 6) is 0.510. The van der Waals surface area contributed by atoms with Gasteiger partial charge in [0.25, 0.3) is 5.56 Å². The fraction of sp³-hybridized carbons (Fsp3) is 0.474. The Balaban J connectivity index is 1.56. The molecule has 1 N–H and O–H groups in total. The average Bonchev–Trinajstić information content (AvgIpc) is 3.28. The van der Waals surface area contributed by atoms with Crippen molar-refractivity contribution in [3.05, 3.63) is 46.6 Å². The fourth-order valence-electron chi connectivity index (χ4n) is 4.03. The van der Waals surface area contributed by atoms with Crippen LogP contribution in [0, 0.1) is 5.92 Å². The molecule has 0 radical (unpaired) electrons. The number of H-pyrrole nitrogens is 1. The first kappa shape index (κ1) is 18.8. The zero-order chi connectivity index (χ0) is 19.7. The number of hydrogen-bond donors (Lipinski definition) is 1. The quantitative estimate of drug-likeness (QED) is 0.825. The van der Waals surface area contributed by atoms with Crippen LogP contribution in [0.3, 0.4) is 0 Å². The summed E-state index contributed by atoms with van der Waals surface area (Å²) in [6.07, 6.45) is 3.93. The molecular formula is C19H22N4O4S. The zero-order valence-corrected chi connectivity index (χ0v) is 16.2. The molecule has 9 heteroatoms. The molecule has 2 unspecified atom stereocenters. The number of likely N-dealkylation sites (tertiary alicyclic amines) is 1. The lowest BCUT2D eigenvalue weighted by molar-refractivity contribution is -0.133. The maximum absolute atomic E-state index is 12.8. The van der Waals surface area contributed by atoms with E-state index in [4.69, 9.17) is 0 Å². The Bertz CT molecular complexity index is 1040. The Morgan fingerprint density at radius 3 is 2.82 bits per heavy atom. The smallest absolute Gasteiger partial charge is 0.251 e. The van der Waals surface area contributed by atoms with E-state index < -0.39 is 9.84 Å². The van der Waals surface area contributed by atoms with Gasteiger partial charge in [-0.3, -0.25) is 14.6 Å². The van der Waals surface area contributed by atoms with E-state index in [0.29, 0.717) is 36.6 Å². The number of sulfone groups is 1. The molecule has 0 spiro atoms. The number of nitrogens with zero attached hydrogens (tertiary/aromatic N) is 3. The van der Waals surface area contributed by atoms with E-state index in [9.17, 15) is 18.0 Å². The van der Waals surface area contributed by atoms with Gasteiger partial charge in [0, 0.05) is 25.2 Å². The van der Waals surface area contributed by atoms with Crippen LogP contribution in [0.15, 0.2) is 35.3 Å². The summed E-state index contributed by atoms with van der Waals surface area (Å²) >= 11 is 0. The van der Waals surface area contributed by atoms with Gasteiger partial charge in [0.15, 0.2) is 9.84 Å². The molecule has 0 saturated carbocycles. The van der Waals surface area contributed by atoms with E-state index in [1.807, 2.05) is 6.07 Å². The van der Waals surface area contributed by atoms with Crippen molar-refractivity contribution in [3.63, 3.8) is 0 Å². The van der Waals surface area contributed by atoms with Crippen LogP contribution in [0.1, 0.15) is 37.5 Å². The largest absolute Gasteiger partial charge is 0.333 e. The maximum Gasteiger partial charge on any atom is 0.251 e. The number of pyridine rings is 1. The first-order valence-corrected chi connectivity index (χ1v) is 11.3. The van der Waals surface area contributed by atoms with E-state index >= 15 is 0 Å². The summed E-state index contributed by atoms with van der Waals surface area (Å²) < 4.78 is 23.3. The Labute approximate surface area is 162 Å². The molecule has 2 aromatic heterocycles. The second kappa shape index (κ2) is 7.46. The number of hydrogen-bond acceptors (Lipinski definition) is 6. The number of carbonyl (C=O) groups excluding carboxylic acids is 1. The van der Waals surface area contributed by atoms with Gasteiger partial charge >= 0.3 is 0 Å². The molecule has 0 aliphatic carbocycles. The molecule has 8 nitrogen and oxygen atoms in total. The van der Waals surface area contributed by atoms with Crippen molar-refractivity contribution >= 4 is 15.7 Å². The molecule has 2 aromatic rings. The monoisotopic (exact) mass is 402 g/mol. The molecule has 2 aliphatic heterocycles. The highest BCUT2D eigenvalue weighted by Crippen LogP contribution is 2.32. The molecule has 4 heterocycles. The van der Waals surface area contributed by atoms with Crippen LogP contribution in [0.2, 0.25) is 0 Å². The van der Waals surface area contributed by atoms with E-state index in [1.54, 1.807) is 23.2 Å². The molecule has 1 amide bonds. The Hall–Kier alpha value is -2.55. The second-order valence-corrected chi connectivity index (χ2v) is 9.68. The predicted octanol–water partition coefficient (Wildman–Crippen LogP) is 1.32. The highest BCUT2D eigenvalue weighted by molar-refractivity contribution is 7.91. The first-order valence-electron chi connectivity index (χ1n) is 9.44. The van der Waals surface area contributed by atoms with Gasteiger partial charge in [-0.15, -0.1) is 0 Å². The van der Waals surface area contributed by atoms with Crippen molar-refractivity contribution in [2.75, 3.05) is 18.1 Å².